The molecule has 1 saturated carbocycles. The molecule has 1 atom stereocenters. The van der Waals surface area contributed by atoms with E-state index in [2.05, 4.69) is 46.6 Å². The molecular weight excluding hydrogens is 805 g/mol. The lowest BCUT2D eigenvalue weighted by molar-refractivity contribution is -0.163. The number of nitriles is 1. The van der Waals surface area contributed by atoms with Crippen molar-refractivity contribution in [2.75, 3.05) is 55.6 Å². The second kappa shape index (κ2) is 15.9. The van der Waals surface area contributed by atoms with Crippen molar-refractivity contribution in [1.82, 2.24) is 35.6 Å². The van der Waals surface area contributed by atoms with Crippen LogP contribution in [0.3, 0.4) is 0 Å². The molecule has 3 saturated heterocycles. The lowest BCUT2D eigenvalue weighted by Crippen LogP contribution is -2.74. The number of pyridine rings is 1. The highest BCUT2D eigenvalue weighted by Crippen LogP contribution is 2.56. The summed E-state index contributed by atoms with van der Waals surface area (Å²) in [7, 11) is 0. The normalized spacial score (nSPS) is 23.5. The summed E-state index contributed by atoms with van der Waals surface area (Å²) in [6.07, 6.45) is 1.91. The number of carbonyl (C=O) groups excluding carboxylic acids is 5. The molecule has 6 heterocycles. The minimum atomic E-state index is -0.987. The maximum absolute atomic E-state index is 13.6. The van der Waals surface area contributed by atoms with E-state index in [1.165, 1.54) is 6.07 Å². The number of H-pyrrole nitrogens is 1. The van der Waals surface area contributed by atoms with Crippen LogP contribution in [0.2, 0.25) is 0 Å². The van der Waals surface area contributed by atoms with Gasteiger partial charge < -0.3 is 24.8 Å². The van der Waals surface area contributed by atoms with Gasteiger partial charge in [0.2, 0.25) is 17.4 Å². The Hall–Kier alpha value is -6.67. The lowest BCUT2D eigenvalue weighted by atomic mass is 9.49. The quantitative estimate of drug-likeness (QED) is 0.207. The van der Waals surface area contributed by atoms with Crippen LogP contribution in [-0.2, 0) is 9.59 Å². The second-order valence-corrected chi connectivity index (χ2v) is 18.6. The van der Waals surface area contributed by atoms with Crippen LogP contribution in [-0.4, -0.2) is 119 Å². The van der Waals surface area contributed by atoms with E-state index in [1.807, 2.05) is 39.8 Å². The molecule has 1 aliphatic carbocycles. The average molecular weight is 855 g/mol. The number of fused-ring (bicyclic) bond motifs is 2. The molecule has 9 rings (SSSR count). The van der Waals surface area contributed by atoms with E-state index in [0.717, 1.165) is 75.1 Å². The molecule has 4 aromatic rings. The van der Waals surface area contributed by atoms with Crippen LogP contribution in [0.1, 0.15) is 90.1 Å². The van der Waals surface area contributed by atoms with E-state index >= 15 is 0 Å². The van der Waals surface area contributed by atoms with E-state index in [-0.39, 0.29) is 47.7 Å². The largest absolute Gasteiger partial charge is 0.488 e. The van der Waals surface area contributed by atoms with Gasteiger partial charge in [-0.15, -0.1) is 10.2 Å². The highest BCUT2D eigenvalue weighted by Gasteiger charge is 2.64. The van der Waals surface area contributed by atoms with Crippen LogP contribution in [0.5, 0.6) is 5.75 Å². The number of ether oxygens (including phenoxy) is 1. The first kappa shape index (κ1) is 41.7. The van der Waals surface area contributed by atoms with Gasteiger partial charge in [-0.3, -0.25) is 43.9 Å². The van der Waals surface area contributed by atoms with Crippen molar-refractivity contribution in [1.29, 1.82) is 5.26 Å². The SMILES string of the molecule is CC1(C)C(NC(=O)c2ccc(N3CCC(CN4CCN(c5ccc6c(c5)C(=O)N(C5CCC(=O)NC5=O)C6=O)CC4)CC3)nn2)C(C)(C)C1Oc1ccc(C#N)c2[nH]c(=O)ccc12. The molecule has 2 aromatic carbocycles. The Balaban J connectivity index is 0.743. The number of nitrogens with zero attached hydrogens (tertiary/aromatic N) is 7. The van der Waals surface area contributed by atoms with Gasteiger partial charge in [-0.05, 0) is 73.7 Å². The topological polar surface area (TPSA) is 214 Å². The van der Waals surface area contributed by atoms with Crippen LogP contribution in [0.15, 0.2) is 59.4 Å². The Morgan fingerprint density at radius 3 is 2.25 bits per heavy atom. The van der Waals surface area contributed by atoms with Crippen LogP contribution >= 0.6 is 0 Å². The summed E-state index contributed by atoms with van der Waals surface area (Å²) in [4.78, 5) is 86.8. The molecule has 5 aliphatic rings. The van der Waals surface area contributed by atoms with Crippen molar-refractivity contribution in [3.05, 3.63) is 87.3 Å². The number of hydrogen-bond acceptors (Lipinski definition) is 13. The van der Waals surface area contributed by atoms with Crippen molar-refractivity contribution in [2.24, 2.45) is 16.7 Å². The summed E-state index contributed by atoms with van der Waals surface area (Å²) in [5.41, 5.74) is 1.22. The van der Waals surface area contributed by atoms with E-state index in [1.54, 1.807) is 36.4 Å². The Bertz CT molecular complexity index is 2620. The molecule has 0 spiro atoms. The maximum atomic E-state index is 13.6. The average Bonchev–Trinajstić information content (AvgIpc) is 3.52. The smallest absolute Gasteiger partial charge is 0.272 e. The summed E-state index contributed by atoms with van der Waals surface area (Å²) in [6.45, 7) is 14.1. The van der Waals surface area contributed by atoms with Gasteiger partial charge >= 0.3 is 0 Å². The third-order valence-electron chi connectivity index (χ3n) is 13.8. The lowest BCUT2D eigenvalue weighted by Gasteiger charge is -2.63. The van der Waals surface area contributed by atoms with E-state index in [9.17, 15) is 34.0 Å². The van der Waals surface area contributed by atoms with Crippen molar-refractivity contribution in [3.8, 4) is 11.8 Å². The summed E-state index contributed by atoms with van der Waals surface area (Å²) < 4.78 is 6.59. The Morgan fingerprint density at radius 1 is 0.841 bits per heavy atom. The summed E-state index contributed by atoms with van der Waals surface area (Å²) in [5, 5.41) is 24.5. The first-order valence-electron chi connectivity index (χ1n) is 21.6. The number of aromatic amines is 1. The van der Waals surface area contributed by atoms with Gasteiger partial charge in [0, 0.05) is 86.2 Å². The zero-order valence-electron chi connectivity index (χ0n) is 35.8. The monoisotopic (exact) mass is 854 g/mol. The van der Waals surface area contributed by atoms with Crippen LogP contribution in [0.25, 0.3) is 10.9 Å². The molecule has 326 valence electrons. The number of nitrogens with one attached hydrogen (secondary N) is 3. The zero-order chi connectivity index (χ0) is 44.4. The first-order chi connectivity index (χ1) is 30.1. The number of hydrogen-bond donors (Lipinski definition) is 3. The maximum Gasteiger partial charge on any atom is 0.272 e. The third-order valence-corrected chi connectivity index (χ3v) is 13.8. The van der Waals surface area contributed by atoms with E-state index in [0.29, 0.717) is 33.7 Å². The second-order valence-electron chi connectivity index (χ2n) is 18.6. The van der Waals surface area contributed by atoms with Crippen LogP contribution in [0, 0.1) is 28.1 Å². The summed E-state index contributed by atoms with van der Waals surface area (Å²) in [6, 6.07) is 16.2. The number of benzene rings is 2. The highest BCUT2D eigenvalue weighted by atomic mass is 16.5. The number of piperazine rings is 1. The molecule has 63 heavy (non-hydrogen) atoms. The van der Waals surface area contributed by atoms with Gasteiger partial charge in [0.15, 0.2) is 11.5 Å². The molecule has 3 N–H and O–H groups in total. The third kappa shape index (κ3) is 7.45. The summed E-state index contributed by atoms with van der Waals surface area (Å²) >= 11 is 0. The van der Waals surface area contributed by atoms with Crippen molar-refractivity contribution in [2.45, 2.75) is 71.6 Å². The minimum Gasteiger partial charge on any atom is -0.488 e. The van der Waals surface area contributed by atoms with Crippen molar-refractivity contribution >= 4 is 51.9 Å². The number of anilines is 2. The Morgan fingerprint density at radius 2 is 1.57 bits per heavy atom. The van der Waals surface area contributed by atoms with E-state index in [4.69, 9.17) is 4.74 Å². The molecule has 1 unspecified atom stereocenters. The number of rotatable bonds is 9. The van der Waals surface area contributed by atoms with E-state index < -0.39 is 40.5 Å². The predicted molar refractivity (Wildman–Crippen MR) is 231 cm³/mol. The van der Waals surface area contributed by atoms with Gasteiger partial charge in [-0.1, -0.05) is 27.7 Å². The zero-order valence-corrected chi connectivity index (χ0v) is 35.8. The highest BCUT2D eigenvalue weighted by molar-refractivity contribution is 6.23. The minimum absolute atomic E-state index is 0.0807. The number of aromatic nitrogens is 3. The van der Waals surface area contributed by atoms with Gasteiger partial charge in [0.1, 0.15) is 24.0 Å². The van der Waals surface area contributed by atoms with Crippen LogP contribution < -0.4 is 30.7 Å². The molecule has 2 aromatic heterocycles. The van der Waals surface area contributed by atoms with Crippen molar-refractivity contribution in [3.63, 3.8) is 0 Å². The standard InChI is InChI=1S/C46H50N10O7/c1-45(2)43(46(3,4)44(45)63-34-11-5-27(24-47)38-30(34)8-13-36(57)48-38)50-39(59)32-9-12-35(52-51-32)55-17-15-26(16-18-55)25-53-19-21-54(22-20-53)28-6-7-29-31(23-28)42(62)56(41(29)61)33-10-14-37(58)49-40(33)60/h5-9,11-13,23,26,33,43-44H,10,14-22,25H2,1-4H3,(H,48,57)(H,50,59)(H,49,58,60). The van der Waals surface area contributed by atoms with Crippen molar-refractivity contribution < 1.29 is 28.7 Å². The molecule has 4 aliphatic heterocycles. The van der Waals surface area contributed by atoms with Crippen LogP contribution in [0.4, 0.5) is 11.5 Å². The Labute approximate surface area is 363 Å². The fourth-order valence-electron chi connectivity index (χ4n) is 10.7. The van der Waals surface area contributed by atoms with Gasteiger partial charge in [0.05, 0.1) is 22.2 Å². The molecule has 0 radical (unpaired) electrons. The number of imide groups is 2. The molecule has 17 heteroatoms. The predicted octanol–water partition coefficient (Wildman–Crippen LogP) is 3.24. The number of carbonyl (C=O) groups is 5. The van der Waals surface area contributed by atoms with Gasteiger partial charge in [0.25, 0.3) is 17.7 Å². The molecule has 17 nitrogen and oxygen atoms in total. The fourth-order valence-corrected chi connectivity index (χ4v) is 10.7. The summed E-state index contributed by atoms with van der Waals surface area (Å²) in [5.74, 6) is -0.518. The van der Waals surface area contributed by atoms with Gasteiger partial charge in [-0.25, -0.2) is 0 Å². The molecule has 5 amide bonds. The Kier molecular flexibility index (Phi) is 10.5. The molecular formula is C46H50N10O7. The molecule has 4 fully saturated rings. The van der Waals surface area contributed by atoms with Gasteiger partial charge in [-0.2, -0.15) is 5.26 Å². The first-order valence-corrected chi connectivity index (χ1v) is 21.6. The fraction of sp³-hybridized carbons (Fsp3) is 0.457. The number of piperidine rings is 2. The molecule has 0 bridgehead atoms. The number of amides is 5.